The van der Waals surface area contributed by atoms with Gasteiger partial charge in [0, 0.05) is 38.0 Å². The first-order valence-electron chi connectivity index (χ1n) is 10.8. The molecule has 4 rings (SSSR count). The van der Waals surface area contributed by atoms with Gasteiger partial charge in [0.1, 0.15) is 11.9 Å². The molecule has 1 aromatic carbocycles. The van der Waals surface area contributed by atoms with Crippen LogP contribution in [0.5, 0.6) is 11.6 Å². The molecular formula is C23H29FN4O3. The van der Waals surface area contributed by atoms with Crippen molar-refractivity contribution in [3.05, 3.63) is 47.8 Å². The van der Waals surface area contributed by atoms with Crippen LogP contribution in [0.25, 0.3) is 0 Å². The van der Waals surface area contributed by atoms with Gasteiger partial charge in [-0.3, -0.25) is 4.79 Å². The number of hydrogen-bond donors (Lipinski definition) is 2. The molecule has 166 valence electrons. The van der Waals surface area contributed by atoms with E-state index in [1.54, 1.807) is 0 Å². The Balaban J connectivity index is 1.37. The van der Waals surface area contributed by atoms with Crippen molar-refractivity contribution in [1.82, 2.24) is 15.6 Å². The number of piperidine rings is 1. The standard InChI is InChI=1S/C23H29FN4O3/c1-30-23-16(15-26-22(29)20-8-5-11-25-20)14-19(24)21(27-23)28-12-9-18(10-13-28)31-17-6-3-2-4-7-17/h2-4,6-7,14,18,20,25H,5,8-13,15H2,1H3,(H,26,29). The summed E-state index contributed by atoms with van der Waals surface area (Å²) < 4.78 is 26.3. The second-order valence-electron chi connectivity index (χ2n) is 7.95. The number of rotatable bonds is 7. The molecule has 0 bridgehead atoms. The van der Waals surface area contributed by atoms with Crippen LogP contribution in [-0.2, 0) is 11.3 Å². The Kier molecular flexibility index (Phi) is 6.86. The molecule has 0 spiro atoms. The molecular weight excluding hydrogens is 399 g/mol. The van der Waals surface area contributed by atoms with Gasteiger partial charge in [-0.25, -0.2) is 4.39 Å². The third-order valence-corrected chi connectivity index (χ3v) is 5.81. The van der Waals surface area contributed by atoms with E-state index in [1.165, 1.54) is 13.2 Å². The monoisotopic (exact) mass is 428 g/mol. The first kappa shape index (κ1) is 21.4. The minimum atomic E-state index is -0.411. The molecule has 1 aromatic heterocycles. The zero-order valence-electron chi connectivity index (χ0n) is 17.8. The number of aromatic nitrogens is 1. The molecule has 2 saturated heterocycles. The molecule has 1 amide bonds. The predicted molar refractivity (Wildman–Crippen MR) is 116 cm³/mol. The fourth-order valence-corrected chi connectivity index (χ4v) is 4.12. The second kappa shape index (κ2) is 9.96. The van der Waals surface area contributed by atoms with Crippen molar-refractivity contribution in [1.29, 1.82) is 0 Å². The highest BCUT2D eigenvalue weighted by atomic mass is 19.1. The number of benzene rings is 1. The molecule has 31 heavy (non-hydrogen) atoms. The summed E-state index contributed by atoms with van der Waals surface area (Å²) in [5, 5.41) is 6.01. The maximum atomic E-state index is 14.9. The summed E-state index contributed by atoms with van der Waals surface area (Å²) in [4.78, 5) is 18.6. The van der Waals surface area contributed by atoms with Gasteiger partial charge in [-0.1, -0.05) is 18.2 Å². The quantitative estimate of drug-likeness (QED) is 0.706. The average Bonchev–Trinajstić information content (AvgIpc) is 3.34. The normalized spacial score (nSPS) is 19.3. The Hall–Kier alpha value is -2.87. The Labute approximate surface area is 181 Å². The van der Waals surface area contributed by atoms with Crippen LogP contribution in [0, 0.1) is 5.82 Å². The molecule has 7 nitrogen and oxygen atoms in total. The lowest BCUT2D eigenvalue weighted by Gasteiger charge is -2.33. The van der Waals surface area contributed by atoms with E-state index < -0.39 is 5.82 Å². The lowest BCUT2D eigenvalue weighted by Crippen LogP contribution is -2.40. The first-order valence-corrected chi connectivity index (χ1v) is 10.8. The Morgan fingerprint density at radius 1 is 1.26 bits per heavy atom. The number of pyridine rings is 1. The summed E-state index contributed by atoms with van der Waals surface area (Å²) in [5.41, 5.74) is 0.525. The molecule has 2 aromatic rings. The summed E-state index contributed by atoms with van der Waals surface area (Å²) in [5.74, 6) is 0.975. The molecule has 2 fully saturated rings. The summed E-state index contributed by atoms with van der Waals surface area (Å²) in [7, 11) is 1.51. The number of para-hydroxylation sites is 1. The van der Waals surface area contributed by atoms with Crippen LogP contribution in [0.15, 0.2) is 36.4 Å². The van der Waals surface area contributed by atoms with Crippen LogP contribution in [0.4, 0.5) is 10.2 Å². The minimum absolute atomic E-state index is 0.0791. The van der Waals surface area contributed by atoms with Crippen molar-refractivity contribution in [2.24, 2.45) is 0 Å². The van der Waals surface area contributed by atoms with Crippen molar-refractivity contribution in [3.8, 4) is 11.6 Å². The van der Waals surface area contributed by atoms with E-state index in [-0.39, 0.29) is 30.4 Å². The first-order chi connectivity index (χ1) is 15.1. The number of nitrogens with zero attached hydrogens (tertiary/aromatic N) is 2. The van der Waals surface area contributed by atoms with Gasteiger partial charge in [0.2, 0.25) is 11.8 Å². The van der Waals surface area contributed by atoms with Crippen LogP contribution < -0.4 is 25.0 Å². The van der Waals surface area contributed by atoms with Gasteiger partial charge in [-0.2, -0.15) is 4.98 Å². The summed E-state index contributed by atoms with van der Waals surface area (Å²) in [6.45, 7) is 2.32. The number of anilines is 1. The van der Waals surface area contributed by atoms with Crippen LogP contribution in [0.3, 0.4) is 0 Å². The topological polar surface area (TPSA) is 75.7 Å². The van der Waals surface area contributed by atoms with Gasteiger partial charge < -0.3 is 25.0 Å². The van der Waals surface area contributed by atoms with Crippen molar-refractivity contribution in [3.63, 3.8) is 0 Å². The van der Waals surface area contributed by atoms with Crippen molar-refractivity contribution in [2.75, 3.05) is 31.6 Å². The number of halogens is 1. The fraction of sp³-hybridized carbons (Fsp3) is 0.478. The molecule has 3 heterocycles. The third-order valence-electron chi connectivity index (χ3n) is 5.81. The molecule has 1 atom stereocenters. The molecule has 0 aliphatic carbocycles. The van der Waals surface area contributed by atoms with Crippen LogP contribution in [-0.4, -0.2) is 49.8 Å². The highest BCUT2D eigenvalue weighted by molar-refractivity contribution is 5.82. The maximum absolute atomic E-state index is 14.9. The van der Waals surface area contributed by atoms with E-state index in [1.807, 2.05) is 35.2 Å². The Bertz CT molecular complexity index is 882. The van der Waals surface area contributed by atoms with E-state index in [0.717, 1.165) is 38.0 Å². The van der Waals surface area contributed by atoms with Crippen LogP contribution in [0.1, 0.15) is 31.2 Å². The molecule has 1 unspecified atom stereocenters. The number of carbonyl (C=O) groups excluding carboxylic acids is 1. The van der Waals surface area contributed by atoms with Gasteiger partial charge in [0.05, 0.1) is 13.2 Å². The molecule has 2 aliphatic heterocycles. The van der Waals surface area contributed by atoms with Crippen LogP contribution >= 0.6 is 0 Å². The predicted octanol–water partition coefficient (Wildman–Crippen LogP) is 2.65. The number of amides is 1. The highest BCUT2D eigenvalue weighted by Gasteiger charge is 2.26. The summed E-state index contributed by atoms with van der Waals surface area (Å²) in [6, 6.07) is 11.0. The maximum Gasteiger partial charge on any atom is 0.237 e. The SMILES string of the molecule is COc1nc(N2CCC(Oc3ccccc3)CC2)c(F)cc1CNC(=O)C1CCCN1. The minimum Gasteiger partial charge on any atom is -0.490 e. The van der Waals surface area contributed by atoms with Gasteiger partial charge in [-0.05, 0) is 37.6 Å². The number of carbonyl (C=O) groups is 1. The Morgan fingerprint density at radius 3 is 2.71 bits per heavy atom. The number of ether oxygens (including phenoxy) is 2. The molecule has 2 N–H and O–H groups in total. The molecule has 0 radical (unpaired) electrons. The number of methoxy groups -OCH3 is 1. The fourth-order valence-electron chi connectivity index (χ4n) is 4.12. The third kappa shape index (κ3) is 5.25. The zero-order valence-corrected chi connectivity index (χ0v) is 17.8. The smallest absolute Gasteiger partial charge is 0.237 e. The number of nitrogens with one attached hydrogen (secondary N) is 2. The summed E-state index contributed by atoms with van der Waals surface area (Å²) in [6.07, 6.45) is 3.47. The molecule has 2 aliphatic rings. The largest absolute Gasteiger partial charge is 0.490 e. The Morgan fingerprint density at radius 2 is 2.03 bits per heavy atom. The summed E-state index contributed by atoms with van der Waals surface area (Å²) >= 11 is 0. The van der Waals surface area contributed by atoms with Crippen molar-refractivity contribution in [2.45, 2.75) is 44.4 Å². The van der Waals surface area contributed by atoms with E-state index in [0.29, 0.717) is 24.5 Å². The van der Waals surface area contributed by atoms with E-state index in [4.69, 9.17) is 9.47 Å². The van der Waals surface area contributed by atoms with Crippen molar-refractivity contribution >= 4 is 11.7 Å². The number of hydrogen-bond acceptors (Lipinski definition) is 6. The zero-order chi connectivity index (χ0) is 21.6. The molecule has 8 heteroatoms. The lowest BCUT2D eigenvalue weighted by atomic mass is 10.1. The van der Waals surface area contributed by atoms with E-state index in [2.05, 4.69) is 15.6 Å². The molecule has 0 saturated carbocycles. The van der Waals surface area contributed by atoms with Gasteiger partial charge in [0.15, 0.2) is 11.6 Å². The van der Waals surface area contributed by atoms with Gasteiger partial charge in [-0.15, -0.1) is 0 Å². The second-order valence-corrected chi connectivity index (χ2v) is 7.95. The van der Waals surface area contributed by atoms with Crippen LogP contribution in [0.2, 0.25) is 0 Å². The van der Waals surface area contributed by atoms with Gasteiger partial charge >= 0.3 is 0 Å². The van der Waals surface area contributed by atoms with Gasteiger partial charge in [0.25, 0.3) is 0 Å². The van der Waals surface area contributed by atoms with E-state index >= 15 is 0 Å². The van der Waals surface area contributed by atoms with E-state index in [9.17, 15) is 9.18 Å². The van der Waals surface area contributed by atoms with Crippen molar-refractivity contribution < 1.29 is 18.7 Å². The lowest BCUT2D eigenvalue weighted by molar-refractivity contribution is -0.122. The average molecular weight is 429 g/mol. The highest BCUT2D eigenvalue weighted by Crippen LogP contribution is 2.28.